The van der Waals surface area contributed by atoms with E-state index >= 15 is 0 Å². The third-order valence-electron chi connectivity index (χ3n) is 9.82. The lowest BCUT2D eigenvalue weighted by Crippen LogP contribution is -2.64. The molecule has 3 fully saturated rings. The number of hydrogen-bond acceptors (Lipinski definition) is 2. The van der Waals surface area contributed by atoms with Crippen molar-refractivity contribution in [3.63, 3.8) is 0 Å². The second-order valence-corrected chi connectivity index (χ2v) is 11.7. The summed E-state index contributed by atoms with van der Waals surface area (Å²) in [5, 5.41) is 1.64. The van der Waals surface area contributed by atoms with Crippen LogP contribution in [0.15, 0.2) is 36.4 Å². The van der Waals surface area contributed by atoms with Gasteiger partial charge in [-0.1, -0.05) is 45.4 Å². The highest BCUT2D eigenvalue weighted by atomic mass is 19.1. The first kappa shape index (κ1) is 22.6. The van der Waals surface area contributed by atoms with E-state index in [4.69, 9.17) is 0 Å². The van der Waals surface area contributed by atoms with Crippen molar-refractivity contribution in [3.8, 4) is 0 Å². The van der Waals surface area contributed by atoms with Gasteiger partial charge in [-0.2, -0.15) is 0 Å². The minimum Gasteiger partial charge on any atom is -0.273 e. The Morgan fingerprint density at radius 2 is 1.88 bits per heavy atom. The minimum atomic E-state index is -0.281. The molecule has 2 amide bonds. The summed E-state index contributed by atoms with van der Waals surface area (Å²) in [6.45, 7) is 6.78. The van der Waals surface area contributed by atoms with Crippen LogP contribution in [0, 0.1) is 34.4 Å². The Kier molecular flexibility index (Phi) is 5.65. The molecular formula is C28H37FN2O2. The number of hydrogen-bond donors (Lipinski definition) is 1. The molecule has 7 atom stereocenters. The molecule has 0 spiro atoms. The molecular weight excluding hydrogens is 415 g/mol. The summed E-state index contributed by atoms with van der Waals surface area (Å²) in [5.41, 5.74) is 4.30. The lowest BCUT2D eigenvalue weighted by atomic mass is 9.48. The SMILES string of the molecule is CC(CC(=O)NN1C(=O)C=C[C@@]2(C)C1CC[C@@H]1[C@H]2CC[C@]2(C)CCC[C@@H]12)c1ccc(F)cc1. The maximum absolute atomic E-state index is 13.2. The fraction of sp³-hybridized carbons (Fsp3) is 0.643. The van der Waals surface area contributed by atoms with E-state index in [2.05, 4.69) is 25.3 Å². The van der Waals surface area contributed by atoms with Gasteiger partial charge in [0, 0.05) is 17.9 Å². The van der Waals surface area contributed by atoms with Gasteiger partial charge in [-0.3, -0.25) is 15.0 Å². The van der Waals surface area contributed by atoms with E-state index in [1.807, 2.05) is 6.92 Å². The number of hydrazine groups is 1. The van der Waals surface area contributed by atoms with Crippen molar-refractivity contribution >= 4 is 11.8 Å². The molecule has 1 heterocycles. The van der Waals surface area contributed by atoms with Gasteiger partial charge in [-0.25, -0.2) is 9.40 Å². The Morgan fingerprint density at radius 1 is 1.12 bits per heavy atom. The summed E-state index contributed by atoms with van der Waals surface area (Å²) in [6, 6.07) is 6.30. The lowest BCUT2D eigenvalue weighted by molar-refractivity contribution is -0.153. The van der Waals surface area contributed by atoms with Crippen LogP contribution in [-0.4, -0.2) is 22.9 Å². The van der Waals surface area contributed by atoms with Gasteiger partial charge < -0.3 is 0 Å². The van der Waals surface area contributed by atoms with Gasteiger partial charge in [0.25, 0.3) is 5.91 Å². The highest BCUT2D eigenvalue weighted by Gasteiger charge is 2.58. The maximum atomic E-state index is 13.2. The summed E-state index contributed by atoms with van der Waals surface area (Å²) < 4.78 is 13.2. The molecule has 1 N–H and O–H groups in total. The minimum absolute atomic E-state index is 0.00656. The highest BCUT2D eigenvalue weighted by molar-refractivity contribution is 5.91. The number of benzene rings is 1. The van der Waals surface area contributed by atoms with E-state index in [0.717, 1.165) is 30.2 Å². The zero-order valence-corrected chi connectivity index (χ0v) is 20.1. The van der Waals surface area contributed by atoms with Gasteiger partial charge in [0.1, 0.15) is 5.82 Å². The molecule has 0 radical (unpaired) electrons. The second kappa shape index (κ2) is 8.25. The number of halogens is 1. The summed E-state index contributed by atoms with van der Waals surface area (Å²) in [5.74, 6) is 1.47. The summed E-state index contributed by atoms with van der Waals surface area (Å²) in [7, 11) is 0. The molecule has 33 heavy (non-hydrogen) atoms. The number of carbonyl (C=O) groups is 2. The number of amides is 2. The van der Waals surface area contributed by atoms with Crippen molar-refractivity contribution in [2.75, 3.05) is 0 Å². The van der Waals surface area contributed by atoms with Gasteiger partial charge in [-0.05, 0) is 85.3 Å². The van der Waals surface area contributed by atoms with Crippen molar-refractivity contribution in [2.24, 2.45) is 28.6 Å². The Labute approximate surface area is 197 Å². The predicted molar refractivity (Wildman–Crippen MR) is 126 cm³/mol. The van der Waals surface area contributed by atoms with Crippen LogP contribution in [0.3, 0.4) is 0 Å². The average molecular weight is 453 g/mol. The zero-order chi connectivity index (χ0) is 23.4. The molecule has 4 nitrogen and oxygen atoms in total. The number of fused-ring (bicyclic) bond motifs is 5. The largest absolute Gasteiger partial charge is 0.273 e. The maximum Gasteiger partial charge on any atom is 0.264 e. The molecule has 1 aliphatic heterocycles. The van der Waals surface area contributed by atoms with E-state index in [1.54, 1.807) is 23.2 Å². The van der Waals surface area contributed by atoms with Gasteiger partial charge in [-0.15, -0.1) is 0 Å². The van der Waals surface area contributed by atoms with E-state index < -0.39 is 0 Å². The Balaban J connectivity index is 1.31. The standard InChI is InChI=1S/C28H37FN2O2/c1-18(19-6-8-20(29)9-7-19)17-25(32)30-31-24-11-10-21-22-5-4-14-27(22,2)15-12-23(21)28(24,3)16-13-26(31)33/h6-9,13,16,18,21-24H,4-5,10-12,14-15,17H2,1-3H3,(H,30,32)/t18?,21-,22-,23+,24?,27-,28+/m0/s1. The van der Waals surface area contributed by atoms with Gasteiger partial charge in [0.15, 0.2) is 0 Å². The molecule has 0 bridgehead atoms. The van der Waals surface area contributed by atoms with Crippen LogP contribution in [0.1, 0.15) is 83.6 Å². The highest BCUT2D eigenvalue weighted by Crippen LogP contribution is 2.63. The van der Waals surface area contributed by atoms with Crippen LogP contribution in [0.4, 0.5) is 4.39 Å². The van der Waals surface area contributed by atoms with Crippen LogP contribution in [0.5, 0.6) is 0 Å². The van der Waals surface area contributed by atoms with Crippen molar-refractivity contribution < 1.29 is 14.0 Å². The lowest BCUT2D eigenvalue weighted by Gasteiger charge is -2.59. The van der Waals surface area contributed by atoms with Crippen molar-refractivity contribution in [1.82, 2.24) is 10.4 Å². The Hall–Kier alpha value is -2.17. The van der Waals surface area contributed by atoms with Crippen molar-refractivity contribution in [3.05, 3.63) is 47.8 Å². The molecule has 1 aromatic carbocycles. The van der Waals surface area contributed by atoms with E-state index in [-0.39, 0.29) is 41.4 Å². The van der Waals surface area contributed by atoms with Crippen LogP contribution in [0.2, 0.25) is 0 Å². The third kappa shape index (κ3) is 3.81. The Bertz CT molecular complexity index is 959. The number of nitrogens with one attached hydrogen (secondary N) is 1. The molecule has 0 saturated heterocycles. The fourth-order valence-corrected chi connectivity index (χ4v) is 7.99. The second-order valence-electron chi connectivity index (χ2n) is 11.7. The number of carbonyl (C=O) groups excluding carboxylic acids is 2. The normalized spacial score (nSPS) is 38.3. The Morgan fingerprint density at radius 3 is 2.64 bits per heavy atom. The molecule has 1 aromatic rings. The van der Waals surface area contributed by atoms with Crippen molar-refractivity contribution in [1.29, 1.82) is 0 Å². The molecule has 2 unspecified atom stereocenters. The first-order valence-electron chi connectivity index (χ1n) is 12.8. The van der Waals surface area contributed by atoms with Gasteiger partial charge in [0.2, 0.25) is 5.91 Å². The smallest absolute Gasteiger partial charge is 0.264 e. The monoisotopic (exact) mass is 452 g/mol. The summed E-state index contributed by atoms with van der Waals surface area (Å²) in [4.78, 5) is 25.9. The van der Waals surface area contributed by atoms with Gasteiger partial charge >= 0.3 is 0 Å². The van der Waals surface area contributed by atoms with Crippen LogP contribution in [-0.2, 0) is 9.59 Å². The summed E-state index contributed by atoms with van der Waals surface area (Å²) in [6.07, 6.45) is 12.8. The molecule has 5 rings (SSSR count). The molecule has 4 aliphatic rings. The first-order chi connectivity index (χ1) is 15.7. The topological polar surface area (TPSA) is 49.4 Å². The van der Waals surface area contributed by atoms with Gasteiger partial charge in [0.05, 0.1) is 6.04 Å². The molecule has 3 aliphatic carbocycles. The molecule has 3 saturated carbocycles. The zero-order valence-electron chi connectivity index (χ0n) is 20.1. The average Bonchev–Trinajstić information content (AvgIpc) is 3.18. The van der Waals surface area contributed by atoms with E-state index in [0.29, 0.717) is 11.3 Å². The van der Waals surface area contributed by atoms with Crippen molar-refractivity contribution in [2.45, 2.75) is 84.1 Å². The number of nitrogens with zero attached hydrogens (tertiary/aromatic N) is 1. The first-order valence-corrected chi connectivity index (χ1v) is 12.8. The van der Waals surface area contributed by atoms with E-state index in [1.165, 1.54) is 44.2 Å². The number of rotatable bonds is 4. The van der Waals surface area contributed by atoms with Crippen LogP contribution in [0.25, 0.3) is 0 Å². The van der Waals surface area contributed by atoms with Crippen LogP contribution < -0.4 is 5.43 Å². The molecule has 178 valence electrons. The summed E-state index contributed by atoms with van der Waals surface area (Å²) >= 11 is 0. The van der Waals surface area contributed by atoms with E-state index in [9.17, 15) is 14.0 Å². The fourth-order valence-electron chi connectivity index (χ4n) is 7.99. The molecule has 0 aromatic heterocycles. The van der Waals surface area contributed by atoms with Crippen LogP contribution >= 0.6 is 0 Å². The third-order valence-corrected chi connectivity index (χ3v) is 9.82. The quantitative estimate of drug-likeness (QED) is 0.632. The predicted octanol–water partition coefficient (Wildman–Crippen LogP) is 5.75. The molecule has 5 heteroatoms.